The Labute approximate surface area is 88.0 Å². The van der Waals surface area contributed by atoms with Crippen LogP contribution in [0.3, 0.4) is 0 Å². The number of nitrogens with one attached hydrogen (secondary N) is 1. The Morgan fingerprint density at radius 2 is 2.40 bits per heavy atom. The minimum absolute atomic E-state index is 0.0438. The van der Waals surface area contributed by atoms with Crippen LogP contribution in [0.2, 0.25) is 0 Å². The molecule has 80 valence electrons. The lowest BCUT2D eigenvalue weighted by Gasteiger charge is -2.06. The van der Waals surface area contributed by atoms with Crippen molar-refractivity contribution in [3.63, 3.8) is 0 Å². The highest BCUT2D eigenvalue weighted by Crippen LogP contribution is 1.98. The van der Waals surface area contributed by atoms with E-state index < -0.39 is 15.3 Å². The van der Waals surface area contributed by atoms with E-state index in [-0.39, 0.29) is 6.54 Å². The first-order valence-corrected chi connectivity index (χ1v) is 5.75. The van der Waals surface area contributed by atoms with Gasteiger partial charge in [-0.1, -0.05) is 0 Å². The van der Waals surface area contributed by atoms with Crippen LogP contribution in [-0.2, 0) is 16.6 Å². The van der Waals surface area contributed by atoms with Crippen molar-refractivity contribution in [1.82, 2.24) is 14.9 Å². The largest absolute Gasteiger partial charge is 0.228 e. The van der Waals surface area contributed by atoms with E-state index in [1.165, 1.54) is 13.1 Å². The molecule has 0 fully saturated rings. The van der Waals surface area contributed by atoms with Crippen LogP contribution in [0.25, 0.3) is 0 Å². The molecule has 1 unspecified atom stereocenters. The van der Waals surface area contributed by atoms with Crippen molar-refractivity contribution in [3.05, 3.63) is 24.0 Å². The topological polar surface area (TPSA) is 95.7 Å². The molecule has 0 saturated carbocycles. The van der Waals surface area contributed by atoms with Gasteiger partial charge in [-0.25, -0.2) is 13.1 Å². The molecule has 1 aromatic heterocycles. The monoisotopic (exact) mass is 226 g/mol. The second-order valence-corrected chi connectivity index (χ2v) is 4.94. The predicted molar refractivity (Wildman–Crippen MR) is 52.9 cm³/mol. The summed E-state index contributed by atoms with van der Waals surface area (Å²) < 4.78 is 25.0. The van der Waals surface area contributed by atoms with Crippen molar-refractivity contribution in [2.75, 3.05) is 0 Å². The number of aromatic nitrogens is 2. The Morgan fingerprint density at radius 1 is 1.67 bits per heavy atom. The third-order valence-electron chi connectivity index (χ3n) is 1.73. The van der Waals surface area contributed by atoms with Gasteiger partial charge in [0.15, 0.2) is 5.25 Å². The molecular formula is C8H10N4O2S. The summed E-state index contributed by atoms with van der Waals surface area (Å²) in [5, 5.41) is 14.7. The Hall–Kier alpha value is -1.52. The average molecular weight is 226 g/mol. The maximum atomic E-state index is 11.4. The minimum Gasteiger partial charge on any atom is -0.211 e. The van der Waals surface area contributed by atoms with Gasteiger partial charge in [0.25, 0.3) is 0 Å². The molecule has 1 heterocycles. The average Bonchev–Trinajstić information content (AvgIpc) is 2.27. The lowest BCUT2D eigenvalue weighted by atomic mass is 10.4. The summed E-state index contributed by atoms with van der Waals surface area (Å²) in [5.74, 6) is 0. The molecule has 0 spiro atoms. The summed E-state index contributed by atoms with van der Waals surface area (Å²) >= 11 is 0. The molecule has 7 heteroatoms. The van der Waals surface area contributed by atoms with Crippen LogP contribution in [0.4, 0.5) is 0 Å². The van der Waals surface area contributed by atoms with Crippen molar-refractivity contribution >= 4 is 10.0 Å². The van der Waals surface area contributed by atoms with Crippen molar-refractivity contribution in [2.45, 2.75) is 18.7 Å². The number of rotatable bonds is 4. The summed E-state index contributed by atoms with van der Waals surface area (Å²) in [7, 11) is -3.59. The molecule has 0 aliphatic rings. The lowest BCUT2D eigenvalue weighted by Crippen LogP contribution is -2.31. The van der Waals surface area contributed by atoms with Crippen LogP contribution in [0.1, 0.15) is 12.6 Å². The summed E-state index contributed by atoms with van der Waals surface area (Å²) in [6.07, 6.45) is 1.50. The SMILES string of the molecule is CC(C#N)S(=O)(=O)NCc1cccnn1. The molecule has 0 aromatic carbocycles. The molecule has 0 amide bonds. The van der Waals surface area contributed by atoms with Gasteiger partial charge in [0, 0.05) is 6.20 Å². The number of nitrogens with zero attached hydrogens (tertiary/aromatic N) is 3. The van der Waals surface area contributed by atoms with E-state index >= 15 is 0 Å². The number of hydrogen-bond acceptors (Lipinski definition) is 5. The van der Waals surface area contributed by atoms with Gasteiger partial charge in [-0.05, 0) is 19.1 Å². The van der Waals surface area contributed by atoms with Crippen LogP contribution >= 0.6 is 0 Å². The standard InChI is InChI=1S/C8H10N4O2S/c1-7(5-9)15(13,14)11-6-8-3-2-4-10-12-8/h2-4,7,11H,6H2,1H3. The molecule has 0 aliphatic carbocycles. The second-order valence-electron chi connectivity index (χ2n) is 2.85. The van der Waals surface area contributed by atoms with Gasteiger partial charge < -0.3 is 0 Å². The van der Waals surface area contributed by atoms with Gasteiger partial charge >= 0.3 is 0 Å². The molecular weight excluding hydrogens is 216 g/mol. The molecule has 1 rings (SSSR count). The molecule has 15 heavy (non-hydrogen) atoms. The van der Waals surface area contributed by atoms with Crippen molar-refractivity contribution in [3.8, 4) is 6.07 Å². The van der Waals surface area contributed by atoms with Gasteiger partial charge in [0.05, 0.1) is 18.3 Å². The Balaban J connectivity index is 2.63. The van der Waals surface area contributed by atoms with E-state index in [0.717, 1.165) is 0 Å². The molecule has 1 N–H and O–H groups in total. The number of hydrogen-bond donors (Lipinski definition) is 1. The van der Waals surface area contributed by atoms with E-state index in [1.807, 2.05) is 0 Å². The van der Waals surface area contributed by atoms with Gasteiger partial charge in [-0.15, -0.1) is 0 Å². The van der Waals surface area contributed by atoms with Gasteiger partial charge in [-0.2, -0.15) is 15.5 Å². The first kappa shape index (κ1) is 11.6. The molecule has 0 bridgehead atoms. The Morgan fingerprint density at radius 3 is 2.93 bits per heavy atom. The Kier molecular flexibility index (Phi) is 3.71. The molecule has 0 saturated heterocycles. The summed E-state index contributed by atoms with van der Waals surface area (Å²) in [6, 6.07) is 4.96. The van der Waals surface area contributed by atoms with Crippen LogP contribution in [0, 0.1) is 11.3 Å². The molecule has 6 nitrogen and oxygen atoms in total. The van der Waals surface area contributed by atoms with Crippen LogP contribution in [0.5, 0.6) is 0 Å². The minimum atomic E-state index is -3.59. The fraction of sp³-hybridized carbons (Fsp3) is 0.375. The number of sulfonamides is 1. The molecule has 1 atom stereocenters. The van der Waals surface area contributed by atoms with Crippen LogP contribution < -0.4 is 4.72 Å². The van der Waals surface area contributed by atoms with E-state index in [9.17, 15) is 8.42 Å². The van der Waals surface area contributed by atoms with Crippen LogP contribution in [-0.4, -0.2) is 23.9 Å². The van der Waals surface area contributed by atoms with E-state index in [4.69, 9.17) is 5.26 Å². The van der Waals surface area contributed by atoms with Gasteiger partial charge in [0.2, 0.25) is 10.0 Å². The maximum Gasteiger partial charge on any atom is 0.228 e. The third kappa shape index (κ3) is 3.27. The zero-order valence-corrected chi connectivity index (χ0v) is 8.90. The third-order valence-corrected chi connectivity index (χ3v) is 3.31. The lowest BCUT2D eigenvalue weighted by molar-refractivity contribution is 0.575. The number of nitriles is 1. The normalized spacial score (nSPS) is 13.1. The fourth-order valence-electron chi connectivity index (χ4n) is 0.797. The zero-order chi connectivity index (χ0) is 11.3. The molecule has 0 aliphatic heterocycles. The van der Waals surface area contributed by atoms with Crippen molar-refractivity contribution in [2.24, 2.45) is 0 Å². The molecule has 0 radical (unpaired) electrons. The van der Waals surface area contributed by atoms with Crippen molar-refractivity contribution in [1.29, 1.82) is 5.26 Å². The van der Waals surface area contributed by atoms with E-state index in [2.05, 4.69) is 14.9 Å². The van der Waals surface area contributed by atoms with E-state index in [1.54, 1.807) is 18.2 Å². The molecule has 1 aromatic rings. The highest BCUT2D eigenvalue weighted by molar-refractivity contribution is 7.90. The van der Waals surface area contributed by atoms with E-state index in [0.29, 0.717) is 5.69 Å². The first-order valence-electron chi connectivity index (χ1n) is 4.21. The quantitative estimate of drug-likeness (QED) is 0.767. The highest BCUT2D eigenvalue weighted by atomic mass is 32.2. The maximum absolute atomic E-state index is 11.4. The Bertz CT molecular complexity index is 451. The summed E-state index contributed by atoms with van der Waals surface area (Å²) in [6.45, 7) is 1.36. The van der Waals surface area contributed by atoms with Gasteiger partial charge in [0.1, 0.15) is 0 Å². The highest BCUT2D eigenvalue weighted by Gasteiger charge is 2.19. The fourth-order valence-corrected chi connectivity index (χ4v) is 1.53. The summed E-state index contributed by atoms with van der Waals surface area (Å²) in [4.78, 5) is 0. The smallest absolute Gasteiger partial charge is 0.211 e. The van der Waals surface area contributed by atoms with Gasteiger partial charge in [-0.3, -0.25) is 0 Å². The van der Waals surface area contributed by atoms with Crippen molar-refractivity contribution < 1.29 is 8.42 Å². The second kappa shape index (κ2) is 4.82. The first-order chi connectivity index (χ1) is 7.06. The zero-order valence-electron chi connectivity index (χ0n) is 8.08. The van der Waals surface area contributed by atoms with Crippen LogP contribution in [0.15, 0.2) is 18.3 Å². The predicted octanol–water partition coefficient (Wildman–Crippen LogP) is -0.192. The summed E-state index contributed by atoms with van der Waals surface area (Å²) in [5.41, 5.74) is 0.506.